The number of carbonyl (C=O) groups is 1. The molecule has 2 aromatic rings. The third-order valence-corrected chi connectivity index (χ3v) is 6.17. The summed E-state index contributed by atoms with van der Waals surface area (Å²) in [6.45, 7) is 5.04. The first kappa shape index (κ1) is 23.3. The van der Waals surface area contributed by atoms with E-state index in [0.717, 1.165) is 11.6 Å². The monoisotopic (exact) mass is 454 g/mol. The third-order valence-electron chi connectivity index (χ3n) is 5.83. The van der Waals surface area contributed by atoms with Crippen LogP contribution in [0.4, 0.5) is 17.6 Å². The van der Waals surface area contributed by atoms with Crippen molar-refractivity contribution in [1.82, 2.24) is 0 Å². The van der Waals surface area contributed by atoms with Crippen molar-refractivity contribution in [3.05, 3.63) is 82.1 Å². The van der Waals surface area contributed by atoms with Crippen LogP contribution in [-0.4, -0.2) is 12.1 Å². The van der Waals surface area contributed by atoms with Crippen molar-refractivity contribution in [2.24, 2.45) is 17.3 Å². The van der Waals surface area contributed by atoms with Crippen LogP contribution in [0.2, 0.25) is 0 Å². The van der Waals surface area contributed by atoms with Crippen LogP contribution in [0.3, 0.4) is 0 Å². The predicted octanol–water partition coefficient (Wildman–Crippen LogP) is 6.98. The molecule has 0 heterocycles. The molecule has 3 rings (SSSR count). The van der Waals surface area contributed by atoms with Gasteiger partial charge in [-0.1, -0.05) is 67.9 Å². The molecule has 0 N–H and O–H groups in total. The zero-order chi connectivity index (χ0) is 23.0. The molecule has 0 aliphatic heterocycles. The molecule has 166 valence electrons. The number of ether oxygens (including phenoxy) is 1. The SMILES string of the molecule is CC(OC(=O)[C@H]1[C@@H](/C=C(\Cl)C(F)(F)F)C1(C)C)c1ccc(F)c(Cc2ccccc2)c1. The summed E-state index contributed by atoms with van der Waals surface area (Å²) in [5.41, 5.74) is 1.33. The molecule has 3 atom stereocenters. The predicted molar refractivity (Wildman–Crippen MR) is 111 cm³/mol. The van der Waals surface area contributed by atoms with Crippen molar-refractivity contribution < 1.29 is 27.1 Å². The summed E-state index contributed by atoms with van der Waals surface area (Å²) < 4.78 is 58.0. The molecule has 1 aliphatic rings. The number of halogens is 5. The number of rotatable bonds is 6. The average Bonchev–Trinajstić information content (AvgIpc) is 3.23. The second-order valence-electron chi connectivity index (χ2n) is 8.43. The van der Waals surface area contributed by atoms with E-state index in [9.17, 15) is 22.4 Å². The van der Waals surface area contributed by atoms with Crippen LogP contribution in [0.5, 0.6) is 0 Å². The Morgan fingerprint density at radius 1 is 1.19 bits per heavy atom. The fraction of sp³-hybridized carbons (Fsp3) is 0.375. The first-order valence-electron chi connectivity index (χ1n) is 9.88. The van der Waals surface area contributed by atoms with E-state index in [1.54, 1.807) is 26.8 Å². The number of carbonyl (C=O) groups excluding carboxylic acids is 1. The Morgan fingerprint density at radius 2 is 1.84 bits per heavy atom. The number of esters is 1. The van der Waals surface area contributed by atoms with Gasteiger partial charge in [-0.3, -0.25) is 4.79 Å². The van der Waals surface area contributed by atoms with Gasteiger partial charge in [0.1, 0.15) is 17.0 Å². The summed E-state index contributed by atoms with van der Waals surface area (Å²) in [5, 5.41) is -1.24. The molecule has 0 aromatic heterocycles. The minimum Gasteiger partial charge on any atom is -0.458 e. The highest BCUT2D eigenvalue weighted by Gasteiger charge is 2.62. The van der Waals surface area contributed by atoms with Crippen LogP contribution in [0.25, 0.3) is 0 Å². The van der Waals surface area contributed by atoms with Gasteiger partial charge in [-0.2, -0.15) is 13.2 Å². The molecule has 1 saturated carbocycles. The smallest absolute Gasteiger partial charge is 0.426 e. The van der Waals surface area contributed by atoms with Gasteiger partial charge in [-0.15, -0.1) is 0 Å². The highest BCUT2D eigenvalue weighted by atomic mass is 35.5. The molecule has 1 unspecified atom stereocenters. The topological polar surface area (TPSA) is 26.3 Å². The lowest BCUT2D eigenvalue weighted by Crippen LogP contribution is -2.14. The zero-order valence-corrected chi connectivity index (χ0v) is 18.1. The van der Waals surface area contributed by atoms with Crippen molar-refractivity contribution in [2.75, 3.05) is 0 Å². The Bertz CT molecular complexity index is 983. The minimum absolute atomic E-state index is 0.360. The maximum atomic E-state index is 14.3. The molecule has 0 amide bonds. The lowest BCUT2D eigenvalue weighted by molar-refractivity contribution is -0.151. The van der Waals surface area contributed by atoms with E-state index in [0.29, 0.717) is 17.5 Å². The minimum atomic E-state index is -4.65. The van der Waals surface area contributed by atoms with Crippen molar-refractivity contribution >= 4 is 17.6 Å². The largest absolute Gasteiger partial charge is 0.458 e. The van der Waals surface area contributed by atoms with Crippen LogP contribution in [-0.2, 0) is 16.0 Å². The number of hydrogen-bond acceptors (Lipinski definition) is 2. The van der Waals surface area contributed by atoms with Gasteiger partial charge in [-0.25, -0.2) is 4.39 Å². The molecule has 1 aliphatic carbocycles. The Kier molecular flexibility index (Phi) is 6.51. The van der Waals surface area contributed by atoms with Crippen molar-refractivity contribution in [1.29, 1.82) is 0 Å². The van der Waals surface area contributed by atoms with Crippen LogP contribution in [0.1, 0.15) is 43.6 Å². The van der Waals surface area contributed by atoms with Crippen molar-refractivity contribution in [3.63, 3.8) is 0 Å². The van der Waals surface area contributed by atoms with Gasteiger partial charge >= 0.3 is 12.1 Å². The van der Waals surface area contributed by atoms with E-state index in [-0.39, 0.29) is 5.82 Å². The number of benzene rings is 2. The molecule has 0 saturated heterocycles. The first-order chi connectivity index (χ1) is 14.4. The summed E-state index contributed by atoms with van der Waals surface area (Å²) in [5.74, 6) is -2.35. The highest BCUT2D eigenvalue weighted by molar-refractivity contribution is 6.30. The Balaban J connectivity index is 1.71. The van der Waals surface area contributed by atoms with E-state index in [1.807, 2.05) is 30.3 Å². The van der Waals surface area contributed by atoms with Crippen molar-refractivity contribution in [3.8, 4) is 0 Å². The summed E-state index contributed by atoms with van der Waals surface area (Å²) in [4.78, 5) is 12.6. The van der Waals surface area contributed by atoms with Gasteiger partial charge in [0, 0.05) is 6.42 Å². The molecular formula is C24H23ClF4O2. The number of hydrogen-bond donors (Lipinski definition) is 0. The highest BCUT2D eigenvalue weighted by Crippen LogP contribution is 2.60. The van der Waals surface area contributed by atoms with Crippen molar-refractivity contribution in [2.45, 2.75) is 39.5 Å². The van der Waals surface area contributed by atoms with Gasteiger partial charge in [0.05, 0.1) is 5.92 Å². The van der Waals surface area contributed by atoms with Gasteiger partial charge in [0.25, 0.3) is 0 Å². The molecule has 1 fully saturated rings. The second kappa shape index (κ2) is 8.65. The fourth-order valence-electron chi connectivity index (χ4n) is 3.81. The van der Waals surface area contributed by atoms with E-state index in [4.69, 9.17) is 16.3 Å². The average molecular weight is 455 g/mol. The van der Waals surface area contributed by atoms with E-state index in [1.165, 1.54) is 12.1 Å². The first-order valence-corrected chi connectivity index (χ1v) is 10.3. The standard InChI is InChI=1S/C24H23ClF4O2/c1-14(16-9-10-19(26)17(12-16)11-15-7-5-4-6-8-15)31-22(30)21-18(23(21,2)3)13-20(25)24(27,28)29/h4-10,12-14,18,21H,11H2,1-3H3/b20-13-/t14?,18-,21-/m1/s1. The van der Waals surface area contributed by atoms with Crippen LogP contribution >= 0.6 is 11.6 Å². The molecule has 0 bridgehead atoms. The van der Waals surface area contributed by atoms with Crippen LogP contribution in [0.15, 0.2) is 59.6 Å². The molecule has 0 radical (unpaired) electrons. The molecule has 0 spiro atoms. The normalized spacial score (nSPS) is 21.5. The summed E-state index contributed by atoms with van der Waals surface area (Å²) in [6.07, 6.45) is -4.06. The van der Waals surface area contributed by atoms with Gasteiger partial charge in [-0.05, 0) is 47.1 Å². The lowest BCUT2D eigenvalue weighted by Gasteiger charge is -2.16. The lowest BCUT2D eigenvalue weighted by atomic mass is 10.0. The van der Waals surface area contributed by atoms with Gasteiger partial charge in [0.15, 0.2) is 0 Å². The molecule has 7 heteroatoms. The summed E-state index contributed by atoms with van der Waals surface area (Å²) in [6, 6.07) is 13.9. The molecule has 31 heavy (non-hydrogen) atoms. The van der Waals surface area contributed by atoms with E-state index >= 15 is 0 Å². The summed E-state index contributed by atoms with van der Waals surface area (Å²) in [7, 11) is 0. The summed E-state index contributed by atoms with van der Waals surface area (Å²) >= 11 is 5.34. The quantitative estimate of drug-likeness (QED) is 0.347. The van der Waals surface area contributed by atoms with Crippen LogP contribution in [0, 0.1) is 23.1 Å². The maximum absolute atomic E-state index is 14.3. The van der Waals surface area contributed by atoms with Gasteiger partial charge < -0.3 is 4.74 Å². The third kappa shape index (κ3) is 5.29. The zero-order valence-electron chi connectivity index (χ0n) is 17.3. The Labute approximate surface area is 183 Å². The Morgan fingerprint density at radius 3 is 2.45 bits per heavy atom. The number of allylic oxidation sites excluding steroid dienone is 2. The fourth-order valence-corrected chi connectivity index (χ4v) is 3.94. The molecule has 2 nitrogen and oxygen atoms in total. The second-order valence-corrected chi connectivity index (χ2v) is 8.84. The maximum Gasteiger partial charge on any atom is 0.426 e. The molecule has 2 aromatic carbocycles. The van der Waals surface area contributed by atoms with Gasteiger partial charge in [0.2, 0.25) is 0 Å². The van der Waals surface area contributed by atoms with E-state index in [2.05, 4.69) is 0 Å². The number of alkyl halides is 3. The van der Waals surface area contributed by atoms with E-state index < -0.39 is 40.5 Å². The van der Waals surface area contributed by atoms with Crippen LogP contribution < -0.4 is 0 Å². The molecular weight excluding hydrogens is 432 g/mol. The Hall–Kier alpha value is -2.34.